The van der Waals surface area contributed by atoms with Gasteiger partial charge in [0, 0.05) is 24.9 Å². The summed E-state index contributed by atoms with van der Waals surface area (Å²) in [5.74, 6) is 0. The van der Waals surface area contributed by atoms with Gasteiger partial charge in [0.15, 0.2) is 0 Å². The Labute approximate surface area is 101 Å². The highest BCUT2D eigenvalue weighted by atomic mass is 32.1. The molecule has 0 atom stereocenters. The van der Waals surface area contributed by atoms with Crippen LogP contribution in [0, 0.1) is 6.92 Å². The molecule has 0 radical (unpaired) electrons. The summed E-state index contributed by atoms with van der Waals surface area (Å²) in [5.41, 5.74) is 0.728. The lowest BCUT2D eigenvalue weighted by Gasteiger charge is -2.22. The third kappa shape index (κ3) is 3.27. The molecule has 90 valence electrons. The van der Waals surface area contributed by atoms with Gasteiger partial charge in [-0.3, -0.25) is 0 Å². The molecule has 0 unspecified atom stereocenters. The fourth-order valence-electron chi connectivity index (χ4n) is 2.27. The van der Waals surface area contributed by atoms with Crippen molar-refractivity contribution < 1.29 is 5.11 Å². The van der Waals surface area contributed by atoms with Crippen molar-refractivity contribution in [3.8, 4) is 0 Å². The summed E-state index contributed by atoms with van der Waals surface area (Å²) in [6, 6.07) is 0. The molecule has 0 spiro atoms. The molecule has 2 N–H and O–H groups in total. The Kier molecular flexibility index (Phi) is 3.95. The van der Waals surface area contributed by atoms with Gasteiger partial charge in [0.1, 0.15) is 0 Å². The first-order chi connectivity index (χ1) is 7.68. The van der Waals surface area contributed by atoms with E-state index < -0.39 is 5.60 Å². The average Bonchev–Trinajstić information content (AvgIpc) is 2.84. The van der Waals surface area contributed by atoms with Crippen molar-refractivity contribution >= 4 is 11.3 Å². The van der Waals surface area contributed by atoms with Crippen LogP contribution in [0.15, 0.2) is 5.38 Å². The summed E-state index contributed by atoms with van der Waals surface area (Å²) in [5, 5.41) is 16.7. The fraction of sp³-hybridized carbons (Fsp3) is 0.750. The predicted octanol–water partition coefficient (Wildman–Crippen LogP) is 1.89. The molecule has 1 aromatic heterocycles. The zero-order chi connectivity index (χ0) is 11.4. The second-order valence-corrected chi connectivity index (χ2v) is 5.78. The maximum atomic E-state index is 10.1. The van der Waals surface area contributed by atoms with Crippen LogP contribution < -0.4 is 5.32 Å². The number of aryl methyl sites for hydroxylation is 1. The standard InChI is InChI=1S/C12H20N2OS/c1-10-14-11(8-16-10)4-7-13-9-12(15)5-2-3-6-12/h8,13,15H,2-7,9H2,1H3. The Morgan fingerprint density at radius 2 is 2.25 bits per heavy atom. The van der Waals surface area contributed by atoms with Gasteiger partial charge in [0.2, 0.25) is 0 Å². The van der Waals surface area contributed by atoms with E-state index >= 15 is 0 Å². The van der Waals surface area contributed by atoms with Gasteiger partial charge in [-0.15, -0.1) is 11.3 Å². The quantitative estimate of drug-likeness (QED) is 0.773. The van der Waals surface area contributed by atoms with Crippen LogP contribution in [0.5, 0.6) is 0 Å². The van der Waals surface area contributed by atoms with Gasteiger partial charge >= 0.3 is 0 Å². The predicted molar refractivity (Wildman–Crippen MR) is 66.8 cm³/mol. The molecule has 1 aliphatic rings. The third-order valence-corrected chi connectivity index (χ3v) is 4.04. The molecule has 1 saturated carbocycles. The fourth-order valence-corrected chi connectivity index (χ4v) is 2.92. The molecule has 1 fully saturated rings. The molecule has 3 nitrogen and oxygen atoms in total. The first kappa shape index (κ1) is 12.0. The Morgan fingerprint density at radius 3 is 2.88 bits per heavy atom. The number of aromatic nitrogens is 1. The molecule has 1 heterocycles. The van der Waals surface area contributed by atoms with Crippen molar-refractivity contribution in [2.24, 2.45) is 0 Å². The number of hydrogen-bond donors (Lipinski definition) is 2. The van der Waals surface area contributed by atoms with Crippen LogP contribution in [-0.4, -0.2) is 28.8 Å². The Morgan fingerprint density at radius 1 is 1.50 bits per heavy atom. The normalized spacial score (nSPS) is 19.1. The molecule has 0 saturated heterocycles. The van der Waals surface area contributed by atoms with Crippen molar-refractivity contribution in [3.05, 3.63) is 16.1 Å². The molecule has 0 aromatic carbocycles. The van der Waals surface area contributed by atoms with E-state index in [-0.39, 0.29) is 0 Å². The van der Waals surface area contributed by atoms with Crippen LogP contribution in [0.3, 0.4) is 0 Å². The van der Waals surface area contributed by atoms with Crippen LogP contribution in [-0.2, 0) is 6.42 Å². The first-order valence-corrected chi connectivity index (χ1v) is 6.90. The van der Waals surface area contributed by atoms with Crippen LogP contribution in [0.4, 0.5) is 0 Å². The number of aliphatic hydroxyl groups is 1. The van der Waals surface area contributed by atoms with E-state index in [0.29, 0.717) is 0 Å². The summed E-state index contributed by atoms with van der Waals surface area (Å²) >= 11 is 1.70. The highest BCUT2D eigenvalue weighted by Gasteiger charge is 2.30. The van der Waals surface area contributed by atoms with E-state index in [1.165, 1.54) is 12.8 Å². The Hall–Kier alpha value is -0.450. The summed E-state index contributed by atoms with van der Waals surface area (Å²) in [7, 11) is 0. The minimum Gasteiger partial charge on any atom is -0.389 e. The monoisotopic (exact) mass is 240 g/mol. The van der Waals surface area contributed by atoms with Crippen molar-refractivity contribution in [2.75, 3.05) is 13.1 Å². The highest BCUT2D eigenvalue weighted by molar-refractivity contribution is 7.09. The van der Waals surface area contributed by atoms with Gasteiger partial charge in [0.05, 0.1) is 16.3 Å². The third-order valence-electron chi connectivity index (χ3n) is 3.21. The van der Waals surface area contributed by atoms with Crippen molar-refractivity contribution in [3.63, 3.8) is 0 Å². The number of nitrogens with zero attached hydrogens (tertiary/aromatic N) is 1. The lowest BCUT2D eigenvalue weighted by Crippen LogP contribution is -2.38. The summed E-state index contributed by atoms with van der Waals surface area (Å²) < 4.78 is 0. The van der Waals surface area contributed by atoms with Gasteiger partial charge in [0.25, 0.3) is 0 Å². The topological polar surface area (TPSA) is 45.2 Å². The number of nitrogens with one attached hydrogen (secondary N) is 1. The van der Waals surface area contributed by atoms with Gasteiger partial charge < -0.3 is 10.4 Å². The maximum Gasteiger partial charge on any atom is 0.0897 e. The van der Waals surface area contributed by atoms with Crippen LogP contribution in [0.1, 0.15) is 36.4 Å². The molecule has 1 aromatic rings. The lowest BCUT2D eigenvalue weighted by molar-refractivity contribution is 0.0480. The van der Waals surface area contributed by atoms with Crippen molar-refractivity contribution in [1.82, 2.24) is 10.3 Å². The van der Waals surface area contributed by atoms with Gasteiger partial charge in [-0.05, 0) is 19.8 Å². The van der Waals surface area contributed by atoms with E-state index in [4.69, 9.17) is 0 Å². The first-order valence-electron chi connectivity index (χ1n) is 6.02. The second-order valence-electron chi connectivity index (χ2n) is 4.72. The largest absolute Gasteiger partial charge is 0.389 e. The summed E-state index contributed by atoms with van der Waals surface area (Å²) in [6.07, 6.45) is 5.21. The van der Waals surface area contributed by atoms with Crippen molar-refractivity contribution in [1.29, 1.82) is 0 Å². The molecule has 0 aliphatic heterocycles. The van der Waals surface area contributed by atoms with Gasteiger partial charge in [-0.25, -0.2) is 4.98 Å². The molecule has 0 amide bonds. The summed E-state index contributed by atoms with van der Waals surface area (Å²) in [4.78, 5) is 4.41. The van der Waals surface area contributed by atoms with E-state index in [1.807, 2.05) is 6.92 Å². The molecular weight excluding hydrogens is 220 g/mol. The maximum absolute atomic E-state index is 10.1. The van der Waals surface area contributed by atoms with E-state index in [9.17, 15) is 5.11 Å². The van der Waals surface area contributed by atoms with E-state index in [1.54, 1.807) is 11.3 Å². The van der Waals surface area contributed by atoms with Gasteiger partial charge in [-0.1, -0.05) is 12.8 Å². The van der Waals surface area contributed by atoms with Gasteiger partial charge in [-0.2, -0.15) is 0 Å². The van der Waals surface area contributed by atoms with Crippen LogP contribution in [0.25, 0.3) is 0 Å². The molecule has 1 aliphatic carbocycles. The molecule has 0 bridgehead atoms. The minimum absolute atomic E-state index is 0.433. The smallest absolute Gasteiger partial charge is 0.0897 e. The lowest BCUT2D eigenvalue weighted by atomic mass is 10.0. The van der Waals surface area contributed by atoms with Crippen LogP contribution in [0.2, 0.25) is 0 Å². The molecule has 4 heteroatoms. The zero-order valence-corrected chi connectivity index (χ0v) is 10.6. The number of rotatable bonds is 5. The van der Waals surface area contributed by atoms with Crippen molar-refractivity contribution in [2.45, 2.75) is 44.6 Å². The average molecular weight is 240 g/mol. The molecular formula is C12H20N2OS. The minimum atomic E-state index is -0.433. The van der Waals surface area contributed by atoms with E-state index in [0.717, 1.165) is 43.1 Å². The Balaban J connectivity index is 1.65. The Bertz CT molecular complexity index is 332. The highest BCUT2D eigenvalue weighted by Crippen LogP contribution is 2.28. The van der Waals surface area contributed by atoms with E-state index in [2.05, 4.69) is 15.7 Å². The number of hydrogen-bond acceptors (Lipinski definition) is 4. The van der Waals surface area contributed by atoms with Crippen LogP contribution >= 0.6 is 11.3 Å². The molecule has 2 rings (SSSR count). The number of thiazole rings is 1. The SMILES string of the molecule is Cc1nc(CCNCC2(O)CCCC2)cs1. The molecule has 16 heavy (non-hydrogen) atoms. The second kappa shape index (κ2) is 5.25. The zero-order valence-electron chi connectivity index (χ0n) is 9.83. The summed E-state index contributed by atoms with van der Waals surface area (Å²) in [6.45, 7) is 3.67.